The Kier molecular flexibility index (Phi) is 3.48. The van der Waals surface area contributed by atoms with E-state index in [0.29, 0.717) is 12.0 Å². The Balaban J connectivity index is 1.30. The van der Waals surface area contributed by atoms with Crippen LogP contribution in [0.25, 0.3) is 0 Å². The third-order valence-electron chi connectivity index (χ3n) is 4.39. The van der Waals surface area contributed by atoms with Crippen LogP contribution in [0.1, 0.15) is 23.5 Å². The average molecular weight is 344 g/mol. The van der Waals surface area contributed by atoms with Gasteiger partial charge >= 0.3 is 0 Å². The molecule has 0 aromatic heterocycles. The number of hydrogen-bond acceptors (Lipinski definition) is 2. The van der Waals surface area contributed by atoms with E-state index in [1.807, 2.05) is 6.07 Å². The Morgan fingerprint density at radius 3 is 2.86 bits per heavy atom. The molecule has 1 heterocycles. The van der Waals surface area contributed by atoms with Gasteiger partial charge in [-0.3, -0.25) is 0 Å². The lowest BCUT2D eigenvalue weighted by atomic mass is 10.1. The van der Waals surface area contributed by atoms with E-state index in [1.165, 1.54) is 17.5 Å². The molecule has 4 rings (SSSR count). The number of hydrogen-bond donors (Lipinski definition) is 1. The zero-order valence-electron chi connectivity index (χ0n) is 11.8. The van der Waals surface area contributed by atoms with Crippen molar-refractivity contribution in [2.24, 2.45) is 0 Å². The van der Waals surface area contributed by atoms with E-state index < -0.39 is 0 Å². The normalized spacial score (nSPS) is 26.2. The van der Waals surface area contributed by atoms with Crippen molar-refractivity contribution in [1.29, 1.82) is 0 Å². The van der Waals surface area contributed by atoms with Gasteiger partial charge in [-0.2, -0.15) is 0 Å². The smallest absolute Gasteiger partial charge is 0.123 e. The van der Waals surface area contributed by atoms with Crippen LogP contribution in [-0.2, 0) is 6.42 Å². The molecule has 0 amide bonds. The Morgan fingerprint density at radius 1 is 1.14 bits per heavy atom. The van der Waals surface area contributed by atoms with Crippen LogP contribution in [0.5, 0.6) is 5.75 Å². The summed E-state index contributed by atoms with van der Waals surface area (Å²) >= 11 is 3.52. The first kappa shape index (κ1) is 13.4. The van der Waals surface area contributed by atoms with Crippen LogP contribution in [-0.4, -0.2) is 18.7 Å². The van der Waals surface area contributed by atoms with E-state index >= 15 is 0 Å². The van der Waals surface area contributed by atoms with Gasteiger partial charge in [-0.25, -0.2) is 0 Å². The minimum atomic E-state index is 0.270. The van der Waals surface area contributed by atoms with Crippen LogP contribution in [0, 0.1) is 0 Å². The van der Waals surface area contributed by atoms with E-state index in [0.717, 1.165) is 23.2 Å². The van der Waals surface area contributed by atoms with E-state index in [-0.39, 0.29) is 6.10 Å². The number of fused-ring (bicyclic) bond motifs is 1. The minimum Gasteiger partial charge on any atom is -0.488 e. The van der Waals surface area contributed by atoms with Crippen molar-refractivity contribution in [2.45, 2.75) is 30.9 Å². The number of rotatable bonds is 4. The Bertz CT molecular complexity index is 643. The molecule has 1 aliphatic carbocycles. The Hall–Kier alpha value is -1.32. The highest BCUT2D eigenvalue weighted by Crippen LogP contribution is 2.40. The third kappa shape index (κ3) is 2.85. The highest BCUT2D eigenvalue weighted by atomic mass is 79.9. The highest BCUT2D eigenvalue weighted by Gasteiger charge is 2.38. The molecular formula is C18H18BrNO. The second kappa shape index (κ2) is 5.47. The van der Waals surface area contributed by atoms with Gasteiger partial charge in [0, 0.05) is 29.4 Å². The molecule has 2 aromatic carbocycles. The summed E-state index contributed by atoms with van der Waals surface area (Å²) in [5.74, 6) is 1.73. The summed E-state index contributed by atoms with van der Waals surface area (Å²) in [5, 5.41) is 3.66. The van der Waals surface area contributed by atoms with E-state index in [1.54, 1.807) is 0 Å². The summed E-state index contributed by atoms with van der Waals surface area (Å²) in [6.07, 6.45) is 2.52. The molecule has 108 valence electrons. The second-order valence-corrected chi connectivity index (χ2v) is 6.88. The molecule has 0 spiro atoms. The van der Waals surface area contributed by atoms with Crippen molar-refractivity contribution in [1.82, 2.24) is 5.32 Å². The van der Waals surface area contributed by atoms with Crippen molar-refractivity contribution >= 4 is 15.9 Å². The molecule has 0 radical (unpaired) electrons. The molecule has 1 N–H and O–H groups in total. The fraction of sp³-hybridized carbons (Fsp3) is 0.333. The lowest BCUT2D eigenvalue weighted by molar-refractivity contribution is 0.227. The van der Waals surface area contributed by atoms with Crippen LogP contribution in [0.3, 0.4) is 0 Å². The van der Waals surface area contributed by atoms with Gasteiger partial charge in [0.2, 0.25) is 0 Å². The molecule has 2 aliphatic rings. The number of benzene rings is 2. The lowest BCUT2D eigenvalue weighted by Gasteiger charge is -2.11. The zero-order valence-corrected chi connectivity index (χ0v) is 13.3. The molecule has 3 unspecified atom stereocenters. The minimum absolute atomic E-state index is 0.270. The predicted molar refractivity (Wildman–Crippen MR) is 87.9 cm³/mol. The summed E-state index contributed by atoms with van der Waals surface area (Å²) in [6, 6.07) is 17.7. The van der Waals surface area contributed by atoms with Crippen molar-refractivity contribution in [3.05, 3.63) is 64.1 Å². The fourth-order valence-corrected chi connectivity index (χ4v) is 3.58. The second-order valence-electron chi connectivity index (χ2n) is 5.96. The first-order chi connectivity index (χ1) is 10.3. The van der Waals surface area contributed by atoms with Gasteiger partial charge in [0.1, 0.15) is 11.9 Å². The van der Waals surface area contributed by atoms with Crippen molar-refractivity contribution in [3.63, 3.8) is 0 Å². The SMILES string of the molecule is Brc1ccc2c(c1)CC(CNC1CC1c1ccccc1)O2. The fourth-order valence-electron chi connectivity index (χ4n) is 3.17. The Labute approximate surface area is 133 Å². The number of nitrogens with one attached hydrogen (secondary N) is 1. The molecule has 0 saturated heterocycles. The van der Waals surface area contributed by atoms with Gasteiger partial charge in [-0.05, 0) is 35.7 Å². The maximum atomic E-state index is 6.00. The predicted octanol–water partition coefficient (Wildman–Crippen LogP) is 3.90. The maximum Gasteiger partial charge on any atom is 0.123 e. The first-order valence-electron chi connectivity index (χ1n) is 7.53. The standard InChI is InChI=1S/C18H18BrNO/c19-14-6-7-18-13(8-14)9-15(21-18)11-20-17-10-16(17)12-4-2-1-3-5-12/h1-8,15-17,20H,9-11H2. The summed E-state index contributed by atoms with van der Waals surface area (Å²) in [5.41, 5.74) is 2.76. The number of halogens is 1. The van der Waals surface area contributed by atoms with E-state index in [2.05, 4.69) is 63.7 Å². The highest BCUT2D eigenvalue weighted by molar-refractivity contribution is 9.10. The van der Waals surface area contributed by atoms with Crippen LogP contribution in [0.2, 0.25) is 0 Å². The van der Waals surface area contributed by atoms with Gasteiger partial charge in [0.05, 0.1) is 0 Å². The largest absolute Gasteiger partial charge is 0.488 e. The molecule has 1 fully saturated rings. The molecule has 3 atom stereocenters. The van der Waals surface area contributed by atoms with Crippen LogP contribution < -0.4 is 10.1 Å². The first-order valence-corrected chi connectivity index (χ1v) is 8.32. The maximum absolute atomic E-state index is 6.00. The van der Waals surface area contributed by atoms with Gasteiger partial charge in [0.15, 0.2) is 0 Å². The summed E-state index contributed by atoms with van der Waals surface area (Å²) in [4.78, 5) is 0. The summed E-state index contributed by atoms with van der Waals surface area (Å²) in [6.45, 7) is 0.931. The topological polar surface area (TPSA) is 21.3 Å². The molecule has 1 aliphatic heterocycles. The molecule has 2 nitrogen and oxygen atoms in total. The lowest BCUT2D eigenvalue weighted by Crippen LogP contribution is -2.32. The van der Waals surface area contributed by atoms with Crippen LogP contribution >= 0.6 is 15.9 Å². The van der Waals surface area contributed by atoms with Gasteiger partial charge in [0.25, 0.3) is 0 Å². The van der Waals surface area contributed by atoms with Crippen molar-refractivity contribution < 1.29 is 4.74 Å². The Morgan fingerprint density at radius 2 is 2.00 bits per heavy atom. The average Bonchev–Trinajstić information content (AvgIpc) is 3.18. The molecule has 2 aromatic rings. The third-order valence-corrected chi connectivity index (χ3v) is 4.88. The van der Waals surface area contributed by atoms with Gasteiger partial charge in [-0.1, -0.05) is 46.3 Å². The van der Waals surface area contributed by atoms with Crippen LogP contribution in [0.4, 0.5) is 0 Å². The molecular weight excluding hydrogens is 326 g/mol. The van der Waals surface area contributed by atoms with Gasteiger partial charge < -0.3 is 10.1 Å². The summed E-state index contributed by atoms with van der Waals surface area (Å²) < 4.78 is 7.13. The molecule has 1 saturated carbocycles. The van der Waals surface area contributed by atoms with Crippen molar-refractivity contribution in [2.75, 3.05) is 6.54 Å². The van der Waals surface area contributed by atoms with E-state index in [4.69, 9.17) is 4.74 Å². The van der Waals surface area contributed by atoms with Crippen LogP contribution in [0.15, 0.2) is 53.0 Å². The monoisotopic (exact) mass is 343 g/mol. The van der Waals surface area contributed by atoms with E-state index in [9.17, 15) is 0 Å². The number of ether oxygens (including phenoxy) is 1. The summed E-state index contributed by atoms with van der Waals surface area (Å²) in [7, 11) is 0. The molecule has 3 heteroatoms. The van der Waals surface area contributed by atoms with Crippen molar-refractivity contribution in [3.8, 4) is 5.75 Å². The molecule has 0 bridgehead atoms. The quantitative estimate of drug-likeness (QED) is 0.908. The zero-order chi connectivity index (χ0) is 14.2. The molecule has 21 heavy (non-hydrogen) atoms. The van der Waals surface area contributed by atoms with Gasteiger partial charge in [-0.15, -0.1) is 0 Å².